The summed E-state index contributed by atoms with van der Waals surface area (Å²) in [5, 5.41) is 0. The molecule has 0 heterocycles. The van der Waals surface area contributed by atoms with Gasteiger partial charge in [0, 0.05) is 0 Å². The second-order valence-electron chi connectivity index (χ2n) is 3.54. The van der Waals surface area contributed by atoms with Gasteiger partial charge in [-0.05, 0) is 43.2 Å². The van der Waals surface area contributed by atoms with Gasteiger partial charge in [-0.1, -0.05) is 18.2 Å². The second kappa shape index (κ2) is 5.16. The normalized spacial score (nSPS) is 12.9. The topological polar surface area (TPSA) is 26.0 Å². The predicted octanol–water partition coefficient (Wildman–Crippen LogP) is 3.46. The molecule has 0 bridgehead atoms. The number of benzene rings is 1. The van der Waals surface area contributed by atoms with Crippen LogP contribution in [0.15, 0.2) is 30.3 Å². The molecule has 0 spiro atoms. The van der Waals surface area contributed by atoms with E-state index in [4.69, 9.17) is 5.73 Å². The van der Waals surface area contributed by atoms with E-state index in [1.165, 1.54) is 6.07 Å². The average molecular weight is 229 g/mol. The van der Waals surface area contributed by atoms with Crippen molar-refractivity contribution >= 4 is 5.57 Å². The van der Waals surface area contributed by atoms with Gasteiger partial charge in [-0.3, -0.25) is 0 Å². The monoisotopic (exact) mass is 229 g/mol. The zero-order chi connectivity index (χ0) is 12.2. The van der Waals surface area contributed by atoms with E-state index < -0.39 is 11.7 Å². The van der Waals surface area contributed by atoms with Crippen LogP contribution in [0.5, 0.6) is 0 Å². The first kappa shape index (κ1) is 12.8. The molecule has 16 heavy (non-hydrogen) atoms. The van der Waals surface area contributed by atoms with Crippen LogP contribution in [0, 0.1) is 0 Å². The van der Waals surface area contributed by atoms with Crippen molar-refractivity contribution in [2.24, 2.45) is 5.73 Å². The fourth-order valence-electron chi connectivity index (χ4n) is 1.36. The summed E-state index contributed by atoms with van der Waals surface area (Å²) in [6.45, 7) is 2.28. The molecule has 1 nitrogen and oxygen atoms in total. The van der Waals surface area contributed by atoms with Crippen molar-refractivity contribution in [3.63, 3.8) is 0 Å². The van der Waals surface area contributed by atoms with E-state index in [1.807, 2.05) is 6.08 Å². The van der Waals surface area contributed by atoms with Gasteiger partial charge in [-0.25, -0.2) is 0 Å². The Labute approximate surface area is 92.8 Å². The quantitative estimate of drug-likeness (QED) is 0.843. The van der Waals surface area contributed by atoms with E-state index in [0.29, 0.717) is 18.5 Å². The molecule has 0 amide bonds. The maximum absolute atomic E-state index is 12.4. The van der Waals surface area contributed by atoms with Crippen molar-refractivity contribution in [2.45, 2.75) is 19.5 Å². The van der Waals surface area contributed by atoms with E-state index in [-0.39, 0.29) is 0 Å². The summed E-state index contributed by atoms with van der Waals surface area (Å²) in [5.74, 6) is 0. The van der Waals surface area contributed by atoms with Crippen LogP contribution in [0.1, 0.15) is 24.5 Å². The van der Waals surface area contributed by atoms with Crippen molar-refractivity contribution in [1.82, 2.24) is 0 Å². The molecule has 0 radical (unpaired) electrons. The summed E-state index contributed by atoms with van der Waals surface area (Å²) in [7, 11) is 0. The van der Waals surface area contributed by atoms with E-state index in [2.05, 4.69) is 0 Å². The van der Waals surface area contributed by atoms with Crippen molar-refractivity contribution in [3.8, 4) is 0 Å². The molecule has 88 valence electrons. The Hall–Kier alpha value is -1.29. The summed E-state index contributed by atoms with van der Waals surface area (Å²) < 4.78 is 37.3. The predicted molar refractivity (Wildman–Crippen MR) is 58.8 cm³/mol. The Morgan fingerprint density at radius 1 is 1.38 bits per heavy atom. The number of hydrogen-bond donors (Lipinski definition) is 1. The van der Waals surface area contributed by atoms with Crippen molar-refractivity contribution in [2.75, 3.05) is 6.54 Å². The highest BCUT2D eigenvalue weighted by molar-refractivity contribution is 5.64. The van der Waals surface area contributed by atoms with Gasteiger partial charge in [-0.15, -0.1) is 0 Å². The number of hydrogen-bond acceptors (Lipinski definition) is 1. The SMILES string of the molecule is C/C(=C\CCN)c1cccc(C(F)(F)F)c1. The minimum atomic E-state index is -4.29. The van der Waals surface area contributed by atoms with Crippen molar-refractivity contribution in [3.05, 3.63) is 41.5 Å². The molecule has 0 atom stereocenters. The third-order valence-electron chi connectivity index (χ3n) is 2.26. The summed E-state index contributed by atoms with van der Waals surface area (Å²) in [5.41, 5.74) is 6.11. The Balaban J connectivity index is 2.99. The van der Waals surface area contributed by atoms with Crippen LogP contribution in [0.2, 0.25) is 0 Å². The molecule has 0 aromatic heterocycles. The molecule has 1 aromatic rings. The van der Waals surface area contributed by atoms with E-state index >= 15 is 0 Å². The lowest BCUT2D eigenvalue weighted by Crippen LogP contribution is -2.04. The molecule has 0 aliphatic carbocycles. The molecule has 0 unspecified atom stereocenters. The van der Waals surface area contributed by atoms with Crippen LogP contribution in [0.3, 0.4) is 0 Å². The third kappa shape index (κ3) is 3.38. The summed E-state index contributed by atoms with van der Waals surface area (Å²) in [6, 6.07) is 5.30. The second-order valence-corrected chi connectivity index (χ2v) is 3.54. The average Bonchev–Trinajstić information content (AvgIpc) is 2.25. The van der Waals surface area contributed by atoms with E-state index in [1.54, 1.807) is 13.0 Å². The Kier molecular flexibility index (Phi) is 4.12. The van der Waals surface area contributed by atoms with Gasteiger partial charge < -0.3 is 5.73 Å². The fourth-order valence-corrected chi connectivity index (χ4v) is 1.36. The van der Waals surface area contributed by atoms with Gasteiger partial charge in [0.15, 0.2) is 0 Å². The van der Waals surface area contributed by atoms with Crippen LogP contribution >= 0.6 is 0 Å². The first-order valence-corrected chi connectivity index (χ1v) is 4.99. The minimum absolute atomic E-state index is 0.496. The van der Waals surface area contributed by atoms with Gasteiger partial charge in [-0.2, -0.15) is 13.2 Å². The maximum Gasteiger partial charge on any atom is 0.416 e. The molecule has 0 aliphatic rings. The van der Waals surface area contributed by atoms with Gasteiger partial charge in [0.25, 0.3) is 0 Å². The van der Waals surface area contributed by atoms with Crippen LogP contribution in [0.25, 0.3) is 5.57 Å². The van der Waals surface area contributed by atoms with Crippen molar-refractivity contribution < 1.29 is 13.2 Å². The number of halogens is 3. The first-order valence-electron chi connectivity index (χ1n) is 4.99. The Morgan fingerprint density at radius 2 is 2.06 bits per heavy atom. The standard InChI is InChI=1S/C12H14F3N/c1-9(4-3-7-16)10-5-2-6-11(8-10)12(13,14)15/h2,4-6,8H,3,7,16H2,1H3/b9-4+. The van der Waals surface area contributed by atoms with Gasteiger partial charge in [0.05, 0.1) is 5.56 Å². The number of allylic oxidation sites excluding steroid dienone is 1. The van der Waals surface area contributed by atoms with Crippen LogP contribution in [0.4, 0.5) is 13.2 Å². The van der Waals surface area contributed by atoms with E-state index in [0.717, 1.165) is 17.7 Å². The highest BCUT2D eigenvalue weighted by Gasteiger charge is 2.30. The lowest BCUT2D eigenvalue weighted by Gasteiger charge is -2.08. The van der Waals surface area contributed by atoms with Gasteiger partial charge in [0.1, 0.15) is 0 Å². The Bertz CT molecular complexity index is 380. The highest BCUT2D eigenvalue weighted by atomic mass is 19.4. The van der Waals surface area contributed by atoms with Crippen molar-refractivity contribution in [1.29, 1.82) is 0 Å². The molecular formula is C12H14F3N. The van der Waals surface area contributed by atoms with E-state index in [9.17, 15) is 13.2 Å². The summed E-state index contributed by atoms with van der Waals surface area (Å²) in [4.78, 5) is 0. The molecule has 0 fully saturated rings. The van der Waals surface area contributed by atoms with Crippen LogP contribution in [-0.2, 0) is 6.18 Å². The smallest absolute Gasteiger partial charge is 0.330 e. The first-order chi connectivity index (χ1) is 7.45. The number of alkyl halides is 3. The zero-order valence-electron chi connectivity index (χ0n) is 9.01. The zero-order valence-corrected chi connectivity index (χ0v) is 9.01. The lowest BCUT2D eigenvalue weighted by atomic mass is 10.0. The fraction of sp³-hybridized carbons (Fsp3) is 0.333. The molecule has 1 rings (SSSR count). The molecule has 4 heteroatoms. The van der Waals surface area contributed by atoms with Crippen LogP contribution in [-0.4, -0.2) is 6.54 Å². The molecule has 0 saturated heterocycles. The summed E-state index contributed by atoms with van der Waals surface area (Å²) in [6.07, 6.45) is -1.78. The molecule has 2 N–H and O–H groups in total. The minimum Gasteiger partial charge on any atom is -0.330 e. The molecule has 0 saturated carbocycles. The number of nitrogens with two attached hydrogens (primary N) is 1. The van der Waals surface area contributed by atoms with Gasteiger partial charge in [0.2, 0.25) is 0 Å². The lowest BCUT2D eigenvalue weighted by molar-refractivity contribution is -0.137. The van der Waals surface area contributed by atoms with Crippen LogP contribution < -0.4 is 5.73 Å². The molecular weight excluding hydrogens is 215 g/mol. The summed E-state index contributed by atoms with van der Waals surface area (Å²) >= 11 is 0. The largest absolute Gasteiger partial charge is 0.416 e. The highest BCUT2D eigenvalue weighted by Crippen LogP contribution is 2.30. The maximum atomic E-state index is 12.4. The molecule has 0 aliphatic heterocycles. The number of rotatable bonds is 3. The Morgan fingerprint density at radius 3 is 2.62 bits per heavy atom. The molecule has 1 aromatic carbocycles. The third-order valence-corrected chi connectivity index (χ3v) is 2.26. The van der Waals surface area contributed by atoms with Gasteiger partial charge >= 0.3 is 6.18 Å².